The molecule has 0 aromatic heterocycles. The van der Waals surface area contributed by atoms with Gasteiger partial charge in [0.2, 0.25) is 0 Å². The second kappa shape index (κ2) is 33.7. The van der Waals surface area contributed by atoms with Crippen LogP contribution in [0.15, 0.2) is 37.0 Å². The number of rotatable bonds is 10. The van der Waals surface area contributed by atoms with Crippen molar-refractivity contribution in [3.05, 3.63) is 37.0 Å². The fourth-order valence-corrected chi connectivity index (χ4v) is 19.7. The molecule has 8 saturated carbocycles. The first-order valence-electron chi connectivity index (χ1n) is 33.8. The van der Waals surface area contributed by atoms with Crippen LogP contribution in [-0.4, -0.2) is 0 Å². The summed E-state index contributed by atoms with van der Waals surface area (Å²) in [6.07, 6.45) is 35.3. The van der Waals surface area contributed by atoms with E-state index in [0.29, 0.717) is 27.6 Å². The van der Waals surface area contributed by atoms with Crippen molar-refractivity contribution < 1.29 is 0 Å². The molecule has 8 aliphatic carbocycles. The molecule has 0 saturated heterocycles. The molecule has 0 aliphatic heterocycles. The Hall–Kier alpha value is -0.780. The minimum atomic E-state index is 0.661. The fourth-order valence-electron chi connectivity index (χ4n) is 19.7. The summed E-state index contributed by atoms with van der Waals surface area (Å²) in [5.74, 6) is 16.7. The van der Waals surface area contributed by atoms with Gasteiger partial charge in [-0.3, -0.25) is 0 Å². The molecule has 19 unspecified atom stereocenters. The van der Waals surface area contributed by atoms with E-state index in [1.807, 2.05) is 48.5 Å². The van der Waals surface area contributed by atoms with Gasteiger partial charge in [0.25, 0.3) is 0 Å². The van der Waals surface area contributed by atoms with E-state index in [1.165, 1.54) is 114 Å². The van der Waals surface area contributed by atoms with Gasteiger partial charge in [-0.25, -0.2) is 0 Å². The van der Waals surface area contributed by atoms with Gasteiger partial charge in [-0.05, 0) is 246 Å². The first-order valence-corrected chi connectivity index (χ1v) is 33.8. The standard InChI is InChI=1S/2C24H42.C14H26.C3H8.C3H6.3C2H6/c2*1-15(2)19-7-8-20-22-17(4)14-18-13-16(3)9-11-23(18,5)21(22)10-12-24(19,20)6;1-6-7-8-9-10-14(13(4)5)11-12(2)3;2*1-3-2;3*1-2/h2*15-22H,7-14H2,1-6H3;14H,2,4,6-11H2,1,3,5H3;3H2,1-2H3;3H,1H2,2H3;3*1-2H3. The van der Waals surface area contributed by atoms with Gasteiger partial charge in [0, 0.05) is 0 Å². The van der Waals surface area contributed by atoms with Crippen LogP contribution < -0.4 is 0 Å². The highest BCUT2D eigenvalue weighted by Gasteiger charge is 2.63. The number of hydrogen-bond donors (Lipinski definition) is 0. The number of allylic oxidation sites excluding steroid dienone is 3. The summed E-state index contributed by atoms with van der Waals surface area (Å²) < 4.78 is 0. The Morgan fingerprint density at radius 2 is 0.851 bits per heavy atom. The molecule has 0 spiro atoms. The molecule has 74 heavy (non-hydrogen) atoms. The molecule has 8 rings (SSSR count). The van der Waals surface area contributed by atoms with E-state index in [4.69, 9.17) is 0 Å². The Bertz CT molecular complexity index is 1440. The molecule has 0 bridgehead atoms. The quantitative estimate of drug-likeness (QED) is 0.151. The molecule has 0 aromatic carbocycles. The van der Waals surface area contributed by atoms with Gasteiger partial charge >= 0.3 is 0 Å². The van der Waals surface area contributed by atoms with Crippen LogP contribution >= 0.6 is 0 Å². The second-order valence-corrected chi connectivity index (χ2v) is 28.8. The van der Waals surface area contributed by atoms with E-state index in [0.717, 1.165) is 101 Å². The lowest BCUT2D eigenvalue weighted by Gasteiger charge is -2.63. The smallest absolute Gasteiger partial charge is 0.0172 e. The van der Waals surface area contributed by atoms with Crippen molar-refractivity contribution in [2.75, 3.05) is 0 Å². The SMILES string of the molecule is C=C(C)CC(CCCCCC)C(=C)C.C=CC.CC.CC.CC.CC1CCC2(C)C(C1)CC(C)C1C2CCC2(C)C(C(C)C)CCC12.CC1CCC2(C)C(C1)CC(C)C1C2CCC2(C)C(C(C)C)CCC12.CCC. The van der Waals surface area contributed by atoms with Gasteiger partial charge in [-0.1, -0.05) is 214 Å². The summed E-state index contributed by atoms with van der Waals surface area (Å²) >= 11 is 0. The largest absolute Gasteiger partial charge is 0.103 e. The summed E-state index contributed by atoms with van der Waals surface area (Å²) in [5, 5.41) is 0. The van der Waals surface area contributed by atoms with Gasteiger partial charge in [-0.2, -0.15) is 0 Å². The molecule has 438 valence electrons. The fraction of sp³-hybridized carbons (Fsp3) is 0.919. The van der Waals surface area contributed by atoms with E-state index in [2.05, 4.69) is 137 Å². The first-order chi connectivity index (χ1) is 34.9. The Morgan fingerprint density at radius 3 is 1.16 bits per heavy atom. The average Bonchev–Trinajstić information content (AvgIpc) is 3.91. The molecule has 0 radical (unpaired) electrons. The van der Waals surface area contributed by atoms with Crippen molar-refractivity contribution in [3.63, 3.8) is 0 Å². The van der Waals surface area contributed by atoms with E-state index < -0.39 is 0 Å². The van der Waals surface area contributed by atoms with Crippen LogP contribution in [0.5, 0.6) is 0 Å². The zero-order chi connectivity index (χ0) is 56.9. The summed E-state index contributed by atoms with van der Waals surface area (Å²) in [7, 11) is 0. The highest BCUT2D eigenvalue weighted by Crippen LogP contribution is 2.71. The Balaban J connectivity index is 0.000000516. The van der Waals surface area contributed by atoms with Crippen molar-refractivity contribution >= 4 is 0 Å². The van der Waals surface area contributed by atoms with Crippen LogP contribution in [0.4, 0.5) is 0 Å². The lowest BCUT2D eigenvalue weighted by molar-refractivity contribution is -0.142. The number of hydrogen-bond acceptors (Lipinski definition) is 0. The van der Waals surface area contributed by atoms with Crippen molar-refractivity contribution in [1.29, 1.82) is 0 Å². The van der Waals surface area contributed by atoms with E-state index in [9.17, 15) is 0 Å². The monoisotopic (exact) mass is 1030 g/mol. The normalized spacial score (nSPS) is 40.2. The van der Waals surface area contributed by atoms with E-state index >= 15 is 0 Å². The Morgan fingerprint density at radius 1 is 0.514 bits per heavy atom. The topological polar surface area (TPSA) is 0 Å². The van der Waals surface area contributed by atoms with Gasteiger partial charge < -0.3 is 0 Å². The van der Waals surface area contributed by atoms with Crippen LogP contribution in [0.1, 0.15) is 314 Å². The molecule has 8 fully saturated rings. The molecule has 0 amide bonds. The lowest BCUT2D eigenvalue weighted by Crippen LogP contribution is -2.56. The number of unbranched alkanes of at least 4 members (excludes halogenated alkanes) is 3. The van der Waals surface area contributed by atoms with Crippen LogP contribution in [-0.2, 0) is 0 Å². The van der Waals surface area contributed by atoms with Crippen LogP contribution in [0.3, 0.4) is 0 Å². The van der Waals surface area contributed by atoms with E-state index in [-0.39, 0.29) is 0 Å². The van der Waals surface area contributed by atoms with Crippen LogP contribution in [0, 0.1) is 122 Å². The zero-order valence-electron chi connectivity index (χ0n) is 55.8. The average molecular weight is 1030 g/mol. The minimum absolute atomic E-state index is 0.661. The summed E-state index contributed by atoms with van der Waals surface area (Å²) in [6, 6.07) is 0. The molecule has 0 aromatic rings. The molecule has 19 atom stereocenters. The van der Waals surface area contributed by atoms with Gasteiger partial charge in [-0.15, -0.1) is 13.2 Å². The first kappa shape index (κ1) is 71.2. The van der Waals surface area contributed by atoms with Crippen molar-refractivity contribution in [2.45, 2.75) is 314 Å². The highest BCUT2D eigenvalue weighted by atomic mass is 14.7. The molecule has 0 nitrogen and oxygen atoms in total. The number of fused-ring (bicyclic) bond motifs is 10. The maximum atomic E-state index is 4.07. The third-order valence-electron chi connectivity index (χ3n) is 23.0. The maximum Gasteiger partial charge on any atom is -0.0172 e. The predicted octanol–water partition coefficient (Wildman–Crippen LogP) is 25.2. The molecule has 0 heteroatoms. The Labute approximate surface area is 470 Å². The van der Waals surface area contributed by atoms with Gasteiger partial charge in [0.05, 0.1) is 0 Å². The van der Waals surface area contributed by atoms with Crippen molar-refractivity contribution in [2.24, 2.45) is 122 Å². The van der Waals surface area contributed by atoms with Crippen molar-refractivity contribution in [3.8, 4) is 0 Å². The Kier molecular flexibility index (Phi) is 32.5. The molecular formula is C74H142. The molecule has 8 aliphatic rings. The molecule has 0 heterocycles. The van der Waals surface area contributed by atoms with Crippen LogP contribution in [0.25, 0.3) is 0 Å². The van der Waals surface area contributed by atoms with Crippen LogP contribution in [0.2, 0.25) is 0 Å². The maximum absolute atomic E-state index is 4.07. The lowest BCUT2D eigenvalue weighted by atomic mass is 9.42. The third-order valence-corrected chi connectivity index (χ3v) is 23.0. The summed E-state index contributed by atoms with van der Waals surface area (Å²) in [5.41, 5.74) is 5.30. The van der Waals surface area contributed by atoms with E-state index in [1.54, 1.807) is 44.6 Å². The second-order valence-electron chi connectivity index (χ2n) is 28.8. The van der Waals surface area contributed by atoms with Crippen molar-refractivity contribution in [1.82, 2.24) is 0 Å². The third kappa shape index (κ3) is 17.1. The summed E-state index contributed by atoms with van der Waals surface area (Å²) in [6.45, 7) is 67.2. The molecular weight excluding hydrogens is 889 g/mol. The van der Waals surface area contributed by atoms with Gasteiger partial charge in [0.1, 0.15) is 0 Å². The molecule has 0 N–H and O–H groups in total. The highest BCUT2D eigenvalue weighted by molar-refractivity contribution is 5.13. The predicted molar refractivity (Wildman–Crippen MR) is 340 cm³/mol. The van der Waals surface area contributed by atoms with Gasteiger partial charge in [0.15, 0.2) is 0 Å². The minimum Gasteiger partial charge on any atom is -0.103 e. The summed E-state index contributed by atoms with van der Waals surface area (Å²) in [4.78, 5) is 0. The zero-order valence-corrected chi connectivity index (χ0v) is 55.8.